The molecule has 3 aromatic carbocycles. The molecule has 0 fully saturated rings. The molecule has 0 unspecified atom stereocenters. The van der Waals surface area contributed by atoms with E-state index in [2.05, 4.69) is 10.0 Å². The van der Waals surface area contributed by atoms with Crippen LogP contribution in [0.4, 0.5) is 11.4 Å². The number of aryl methyl sites for hydroxylation is 2. The van der Waals surface area contributed by atoms with Crippen LogP contribution in [-0.4, -0.2) is 20.4 Å². The van der Waals surface area contributed by atoms with Crippen molar-refractivity contribution in [1.29, 1.82) is 0 Å². The van der Waals surface area contributed by atoms with Crippen LogP contribution in [0, 0.1) is 13.8 Å². The van der Waals surface area contributed by atoms with E-state index in [1.54, 1.807) is 24.3 Å². The lowest BCUT2D eigenvalue weighted by Crippen LogP contribution is -2.32. The van der Waals surface area contributed by atoms with Gasteiger partial charge in [-0.15, -0.1) is 0 Å². The van der Waals surface area contributed by atoms with E-state index in [1.807, 2.05) is 57.2 Å². The van der Waals surface area contributed by atoms with E-state index >= 15 is 0 Å². The smallest absolute Gasteiger partial charge is 0.265 e. The normalized spacial score (nSPS) is 12.1. The van der Waals surface area contributed by atoms with Crippen LogP contribution in [0.5, 0.6) is 5.75 Å². The summed E-state index contributed by atoms with van der Waals surface area (Å²) in [6.45, 7) is 5.68. The highest BCUT2D eigenvalue weighted by molar-refractivity contribution is 7.92. The fraction of sp³-hybridized carbons (Fsp3) is 0.208. The van der Waals surface area contributed by atoms with Crippen LogP contribution < -0.4 is 14.8 Å². The van der Waals surface area contributed by atoms with Crippen LogP contribution in [0.15, 0.2) is 77.7 Å². The average molecular weight is 439 g/mol. The zero-order valence-corrected chi connectivity index (χ0v) is 18.6. The number of carbonyl (C=O) groups excluding carboxylic acids is 1. The highest BCUT2D eigenvalue weighted by Crippen LogP contribution is 2.21. The highest BCUT2D eigenvalue weighted by atomic mass is 32.2. The standard InChI is InChI=1S/C24H26N2O4S/c1-4-23(30-20-13-9-17(2)10-14-20)24(27)25-19-11-15-21(16-12-19)31(28,29)26-22-8-6-5-7-18(22)3/h5-16,23,26H,4H2,1-3H3,(H,25,27)/t23-/m1/s1. The summed E-state index contributed by atoms with van der Waals surface area (Å²) < 4.78 is 33.7. The number of rotatable bonds is 8. The van der Waals surface area contributed by atoms with Gasteiger partial charge in [0.15, 0.2) is 6.10 Å². The van der Waals surface area contributed by atoms with E-state index in [0.29, 0.717) is 23.5 Å². The van der Waals surface area contributed by atoms with E-state index in [1.165, 1.54) is 12.1 Å². The molecule has 7 heteroatoms. The number of benzene rings is 3. The number of nitrogens with one attached hydrogen (secondary N) is 2. The highest BCUT2D eigenvalue weighted by Gasteiger charge is 2.19. The minimum Gasteiger partial charge on any atom is -0.481 e. The molecule has 1 amide bonds. The van der Waals surface area contributed by atoms with Gasteiger partial charge in [0.25, 0.3) is 15.9 Å². The van der Waals surface area contributed by atoms with Crippen molar-refractivity contribution in [3.05, 3.63) is 83.9 Å². The summed E-state index contributed by atoms with van der Waals surface area (Å²) in [6.07, 6.45) is -0.166. The summed E-state index contributed by atoms with van der Waals surface area (Å²) in [5.74, 6) is 0.327. The topological polar surface area (TPSA) is 84.5 Å². The molecule has 0 aliphatic heterocycles. The monoisotopic (exact) mass is 438 g/mol. The molecule has 0 heterocycles. The molecule has 162 valence electrons. The number of ether oxygens (including phenoxy) is 1. The number of carbonyl (C=O) groups is 1. The van der Waals surface area contributed by atoms with E-state index < -0.39 is 16.1 Å². The van der Waals surface area contributed by atoms with E-state index in [9.17, 15) is 13.2 Å². The number of para-hydroxylation sites is 1. The second-order valence-corrected chi connectivity index (χ2v) is 8.94. The van der Waals surface area contributed by atoms with Gasteiger partial charge in [-0.3, -0.25) is 9.52 Å². The lowest BCUT2D eigenvalue weighted by atomic mass is 10.2. The summed E-state index contributed by atoms with van der Waals surface area (Å²) in [7, 11) is -3.73. The van der Waals surface area contributed by atoms with Crippen molar-refractivity contribution < 1.29 is 17.9 Å². The first-order valence-corrected chi connectivity index (χ1v) is 11.5. The predicted molar refractivity (Wildman–Crippen MR) is 123 cm³/mol. The molecule has 3 aromatic rings. The molecule has 0 aliphatic rings. The third-order valence-electron chi connectivity index (χ3n) is 4.78. The maximum Gasteiger partial charge on any atom is 0.265 e. The Hall–Kier alpha value is -3.32. The predicted octanol–water partition coefficient (Wildman–Crippen LogP) is 4.90. The molecular formula is C24H26N2O4S. The molecule has 1 atom stereocenters. The lowest BCUT2D eigenvalue weighted by molar-refractivity contribution is -0.122. The number of sulfonamides is 1. The Morgan fingerprint density at radius 2 is 1.58 bits per heavy atom. The quantitative estimate of drug-likeness (QED) is 0.524. The van der Waals surface area contributed by atoms with Gasteiger partial charge in [0, 0.05) is 5.69 Å². The van der Waals surface area contributed by atoms with Gasteiger partial charge in [-0.2, -0.15) is 0 Å². The minimum absolute atomic E-state index is 0.108. The Labute approximate surface area is 183 Å². The van der Waals surface area contributed by atoms with Crippen molar-refractivity contribution in [2.45, 2.75) is 38.2 Å². The fourth-order valence-electron chi connectivity index (χ4n) is 2.93. The number of amides is 1. The number of hydrogen-bond acceptors (Lipinski definition) is 4. The molecule has 0 saturated carbocycles. The Balaban J connectivity index is 1.67. The maximum absolute atomic E-state index is 12.7. The van der Waals surface area contributed by atoms with Crippen molar-refractivity contribution in [2.75, 3.05) is 10.0 Å². The first kappa shape index (κ1) is 22.4. The maximum atomic E-state index is 12.7. The molecule has 0 aromatic heterocycles. The second kappa shape index (κ2) is 9.66. The zero-order chi connectivity index (χ0) is 22.4. The first-order chi connectivity index (χ1) is 14.8. The van der Waals surface area contributed by atoms with Crippen molar-refractivity contribution >= 4 is 27.3 Å². The van der Waals surface area contributed by atoms with E-state index in [0.717, 1.165) is 11.1 Å². The summed E-state index contributed by atoms with van der Waals surface area (Å²) in [6, 6.07) is 20.7. The number of hydrogen-bond donors (Lipinski definition) is 2. The fourth-order valence-corrected chi connectivity index (χ4v) is 4.07. The Bertz CT molecular complexity index is 1140. The molecule has 31 heavy (non-hydrogen) atoms. The Morgan fingerprint density at radius 3 is 2.19 bits per heavy atom. The summed E-state index contributed by atoms with van der Waals surface area (Å²) in [4.78, 5) is 12.7. The molecule has 3 rings (SSSR count). The first-order valence-electron chi connectivity index (χ1n) is 10.0. The molecular weight excluding hydrogens is 412 g/mol. The molecule has 0 spiro atoms. The van der Waals surface area contributed by atoms with Gasteiger partial charge in [0.1, 0.15) is 5.75 Å². The van der Waals surface area contributed by atoms with Crippen LogP contribution in [0.3, 0.4) is 0 Å². The average Bonchev–Trinajstić information content (AvgIpc) is 2.75. The van der Waals surface area contributed by atoms with Crippen molar-refractivity contribution in [1.82, 2.24) is 0 Å². The largest absolute Gasteiger partial charge is 0.481 e. The van der Waals surface area contributed by atoms with Crippen LogP contribution in [0.2, 0.25) is 0 Å². The van der Waals surface area contributed by atoms with Crippen molar-refractivity contribution in [3.8, 4) is 5.75 Å². The Kier molecular flexibility index (Phi) is 6.97. The second-order valence-electron chi connectivity index (χ2n) is 7.26. The minimum atomic E-state index is -3.73. The summed E-state index contributed by atoms with van der Waals surface area (Å²) in [5.41, 5.74) is 2.95. The van der Waals surface area contributed by atoms with E-state index in [4.69, 9.17) is 4.74 Å². The van der Waals surface area contributed by atoms with Gasteiger partial charge in [0.05, 0.1) is 10.6 Å². The van der Waals surface area contributed by atoms with Gasteiger partial charge < -0.3 is 10.1 Å². The number of anilines is 2. The molecule has 0 aliphatic carbocycles. The molecule has 0 saturated heterocycles. The van der Waals surface area contributed by atoms with Crippen LogP contribution in [-0.2, 0) is 14.8 Å². The molecule has 0 radical (unpaired) electrons. The lowest BCUT2D eigenvalue weighted by Gasteiger charge is -2.17. The van der Waals surface area contributed by atoms with Crippen molar-refractivity contribution in [2.24, 2.45) is 0 Å². The summed E-state index contributed by atoms with van der Waals surface area (Å²) >= 11 is 0. The Morgan fingerprint density at radius 1 is 0.935 bits per heavy atom. The molecule has 0 bridgehead atoms. The van der Waals surface area contributed by atoms with Crippen LogP contribution >= 0.6 is 0 Å². The van der Waals surface area contributed by atoms with Gasteiger partial charge in [-0.25, -0.2) is 8.42 Å². The SMILES string of the molecule is CC[C@@H](Oc1ccc(C)cc1)C(=O)Nc1ccc(S(=O)(=O)Nc2ccccc2C)cc1. The van der Waals surface area contributed by atoms with Gasteiger partial charge in [0.2, 0.25) is 0 Å². The molecule has 2 N–H and O–H groups in total. The third-order valence-corrected chi connectivity index (χ3v) is 6.17. The van der Waals surface area contributed by atoms with Crippen LogP contribution in [0.1, 0.15) is 24.5 Å². The van der Waals surface area contributed by atoms with Gasteiger partial charge >= 0.3 is 0 Å². The summed E-state index contributed by atoms with van der Waals surface area (Å²) in [5, 5.41) is 2.78. The zero-order valence-electron chi connectivity index (χ0n) is 17.8. The van der Waals surface area contributed by atoms with E-state index in [-0.39, 0.29) is 10.8 Å². The van der Waals surface area contributed by atoms with Gasteiger partial charge in [-0.05, 0) is 68.3 Å². The van der Waals surface area contributed by atoms with Gasteiger partial charge in [-0.1, -0.05) is 42.8 Å². The van der Waals surface area contributed by atoms with Crippen LogP contribution in [0.25, 0.3) is 0 Å². The third kappa shape index (κ3) is 5.86. The molecule has 6 nitrogen and oxygen atoms in total. The van der Waals surface area contributed by atoms with Crippen molar-refractivity contribution in [3.63, 3.8) is 0 Å².